The first-order valence-electron chi connectivity index (χ1n) is 8.30. The number of rotatable bonds is 4. The number of hydrogen-bond donors (Lipinski definition) is 3. The maximum atomic E-state index is 13.1. The van der Waals surface area contributed by atoms with Crippen molar-refractivity contribution in [2.24, 2.45) is 4.99 Å². The highest BCUT2D eigenvalue weighted by atomic mass is 19.1. The summed E-state index contributed by atoms with van der Waals surface area (Å²) in [4.78, 5) is 16.7. The van der Waals surface area contributed by atoms with Crippen molar-refractivity contribution < 1.29 is 9.18 Å². The lowest BCUT2D eigenvalue weighted by Gasteiger charge is -2.11. The summed E-state index contributed by atoms with van der Waals surface area (Å²) in [6.07, 6.45) is 0. The van der Waals surface area contributed by atoms with Crippen molar-refractivity contribution in [3.05, 3.63) is 78.1 Å². The SMILES string of the molecule is CNC(=O)C(=Nc1ccc(F)cc1)c1ccc(-c2cccc(N)c2)cc1N. The normalized spacial score (nSPS) is 11.3. The highest BCUT2D eigenvalue weighted by molar-refractivity contribution is 6.46. The van der Waals surface area contributed by atoms with Gasteiger partial charge in [0.15, 0.2) is 0 Å². The van der Waals surface area contributed by atoms with Crippen LogP contribution in [0.1, 0.15) is 5.56 Å². The third-order valence-electron chi connectivity index (χ3n) is 4.04. The average Bonchev–Trinajstić information content (AvgIpc) is 2.67. The van der Waals surface area contributed by atoms with Crippen LogP contribution in [0.3, 0.4) is 0 Å². The van der Waals surface area contributed by atoms with E-state index in [-0.39, 0.29) is 17.4 Å². The smallest absolute Gasteiger partial charge is 0.270 e. The van der Waals surface area contributed by atoms with Gasteiger partial charge in [-0.05, 0) is 59.7 Å². The number of nitrogens with zero attached hydrogens (tertiary/aromatic N) is 1. The molecule has 3 aromatic carbocycles. The van der Waals surface area contributed by atoms with Gasteiger partial charge < -0.3 is 16.8 Å². The predicted molar refractivity (Wildman–Crippen MR) is 107 cm³/mol. The molecule has 3 aromatic rings. The Labute approximate surface area is 156 Å². The van der Waals surface area contributed by atoms with Crippen LogP contribution < -0.4 is 16.8 Å². The van der Waals surface area contributed by atoms with E-state index < -0.39 is 0 Å². The van der Waals surface area contributed by atoms with E-state index in [9.17, 15) is 9.18 Å². The monoisotopic (exact) mass is 362 g/mol. The number of anilines is 2. The fourth-order valence-corrected chi connectivity index (χ4v) is 2.67. The number of nitrogens with two attached hydrogens (primary N) is 2. The summed E-state index contributed by atoms with van der Waals surface area (Å²) in [6, 6.07) is 18.4. The zero-order valence-electron chi connectivity index (χ0n) is 14.7. The zero-order chi connectivity index (χ0) is 19.4. The van der Waals surface area contributed by atoms with E-state index in [4.69, 9.17) is 11.5 Å². The molecule has 0 aliphatic heterocycles. The van der Waals surface area contributed by atoms with Crippen molar-refractivity contribution in [3.63, 3.8) is 0 Å². The van der Waals surface area contributed by atoms with Crippen LogP contribution in [0, 0.1) is 5.82 Å². The lowest BCUT2D eigenvalue weighted by Crippen LogP contribution is -2.28. The number of nitrogens with one attached hydrogen (secondary N) is 1. The van der Waals surface area contributed by atoms with Crippen molar-refractivity contribution in [1.29, 1.82) is 0 Å². The zero-order valence-corrected chi connectivity index (χ0v) is 14.7. The molecule has 5 nitrogen and oxygen atoms in total. The topological polar surface area (TPSA) is 93.5 Å². The summed E-state index contributed by atoms with van der Waals surface area (Å²) in [5.74, 6) is -0.760. The van der Waals surface area contributed by atoms with Crippen molar-refractivity contribution in [2.75, 3.05) is 18.5 Å². The second-order valence-electron chi connectivity index (χ2n) is 5.94. The number of benzene rings is 3. The molecule has 0 heterocycles. The Kier molecular flexibility index (Phi) is 5.17. The maximum Gasteiger partial charge on any atom is 0.270 e. The molecule has 0 unspecified atom stereocenters. The van der Waals surface area contributed by atoms with E-state index in [1.165, 1.54) is 31.3 Å². The fraction of sp³-hybridized carbons (Fsp3) is 0.0476. The number of amides is 1. The summed E-state index contributed by atoms with van der Waals surface area (Å²) in [6.45, 7) is 0. The van der Waals surface area contributed by atoms with E-state index in [2.05, 4.69) is 10.3 Å². The Balaban J connectivity index is 2.05. The summed E-state index contributed by atoms with van der Waals surface area (Å²) >= 11 is 0. The van der Waals surface area contributed by atoms with Gasteiger partial charge in [0.25, 0.3) is 5.91 Å². The van der Waals surface area contributed by atoms with Crippen LogP contribution in [0.15, 0.2) is 71.7 Å². The molecule has 0 spiro atoms. The summed E-state index contributed by atoms with van der Waals surface area (Å²) in [7, 11) is 1.51. The Morgan fingerprint density at radius 1 is 0.963 bits per heavy atom. The molecule has 0 atom stereocenters. The quantitative estimate of drug-likeness (QED) is 0.490. The Morgan fingerprint density at radius 2 is 1.67 bits per heavy atom. The minimum absolute atomic E-state index is 0.153. The van der Waals surface area contributed by atoms with Gasteiger partial charge in [0.1, 0.15) is 11.5 Å². The van der Waals surface area contributed by atoms with Gasteiger partial charge in [-0.3, -0.25) is 4.79 Å². The molecule has 3 rings (SSSR count). The van der Waals surface area contributed by atoms with E-state index in [1.807, 2.05) is 24.3 Å². The van der Waals surface area contributed by atoms with Crippen molar-refractivity contribution in [2.45, 2.75) is 0 Å². The van der Waals surface area contributed by atoms with Crippen LogP contribution in [0.25, 0.3) is 11.1 Å². The van der Waals surface area contributed by atoms with Crippen molar-refractivity contribution >= 4 is 28.7 Å². The van der Waals surface area contributed by atoms with E-state index in [1.54, 1.807) is 18.2 Å². The standard InChI is InChI=1S/C21H19FN4O/c1-25-21(27)20(26-17-8-6-15(22)7-9-17)18-10-5-14(12-19(18)24)13-3-2-4-16(23)11-13/h2-12H,23-24H2,1H3,(H,25,27). The maximum absolute atomic E-state index is 13.1. The Bertz CT molecular complexity index is 1010. The molecule has 136 valence electrons. The van der Waals surface area contributed by atoms with Crippen molar-refractivity contribution in [1.82, 2.24) is 5.32 Å². The van der Waals surface area contributed by atoms with Crippen LogP contribution in [0.4, 0.5) is 21.5 Å². The molecule has 0 fully saturated rings. The first kappa shape index (κ1) is 18.1. The second kappa shape index (κ2) is 7.70. The van der Waals surface area contributed by atoms with Crippen LogP contribution >= 0.6 is 0 Å². The molecule has 0 aliphatic carbocycles. The van der Waals surface area contributed by atoms with Gasteiger partial charge in [-0.2, -0.15) is 0 Å². The molecule has 6 heteroatoms. The molecule has 1 amide bonds. The fourth-order valence-electron chi connectivity index (χ4n) is 2.67. The molecule has 0 aromatic heterocycles. The molecule has 27 heavy (non-hydrogen) atoms. The largest absolute Gasteiger partial charge is 0.399 e. The Hall–Kier alpha value is -3.67. The van der Waals surface area contributed by atoms with Crippen LogP contribution in [-0.4, -0.2) is 18.7 Å². The first-order valence-corrected chi connectivity index (χ1v) is 8.30. The van der Waals surface area contributed by atoms with E-state index >= 15 is 0 Å². The average molecular weight is 362 g/mol. The number of carbonyl (C=O) groups is 1. The molecule has 0 bridgehead atoms. The minimum Gasteiger partial charge on any atom is -0.399 e. The highest BCUT2D eigenvalue weighted by Crippen LogP contribution is 2.27. The Morgan fingerprint density at radius 3 is 2.30 bits per heavy atom. The summed E-state index contributed by atoms with van der Waals surface area (Å²) < 4.78 is 13.1. The number of nitrogen functional groups attached to an aromatic ring is 2. The van der Waals surface area contributed by atoms with Crippen molar-refractivity contribution in [3.8, 4) is 11.1 Å². The number of carbonyl (C=O) groups excluding carboxylic acids is 1. The second-order valence-corrected chi connectivity index (χ2v) is 5.94. The lowest BCUT2D eigenvalue weighted by molar-refractivity contribution is -0.114. The predicted octanol–water partition coefficient (Wildman–Crippen LogP) is 3.52. The third-order valence-corrected chi connectivity index (χ3v) is 4.04. The molecule has 0 aliphatic rings. The number of halogens is 1. The highest BCUT2D eigenvalue weighted by Gasteiger charge is 2.16. The van der Waals surface area contributed by atoms with Gasteiger partial charge in [-0.1, -0.05) is 18.2 Å². The van der Waals surface area contributed by atoms with Gasteiger partial charge in [-0.15, -0.1) is 0 Å². The van der Waals surface area contributed by atoms with E-state index in [0.29, 0.717) is 22.6 Å². The van der Waals surface area contributed by atoms with Gasteiger partial charge in [0.05, 0.1) is 5.69 Å². The number of likely N-dealkylation sites (N-methyl/N-ethyl adjacent to an activating group) is 1. The summed E-state index contributed by atoms with van der Waals surface area (Å²) in [5.41, 5.74) is 16.0. The van der Waals surface area contributed by atoms with Crippen LogP contribution in [-0.2, 0) is 4.79 Å². The third kappa shape index (κ3) is 4.12. The molecular formula is C21H19FN4O. The molecule has 0 saturated heterocycles. The minimum atomic E-state index is -0.386. The van der Waals surface area contributed by atoms with Crippen LogP contribution in [0.5, 0.6) is 0 Å². The molecule has 5 N–H and O–H groups in total. The molecule has 0 saturated carbocycles. The summed E-state index contributed by atoms with van der Waals surface area (Å²) in [5, 5.41) is 2.56. The number of hydrogen-bond acceptors (Lipinski definition) is 4. The first-order chi connectivity index (χ1) is 13.0. The van der Waals surface area contributed by atoms with E-state index in [0.717, 1.165) is 11.1 Å². The van der Waals surface area contributed by atoms with Gasteiger partial charge in [0.2, 0.25) is 0 Å². The van der Waals surface area contributed by atoms with Crippen LogP contribution in [0.2, 0.25) is 0 Å². The molecular weight excluding hydrogens is 343 g/mol. The molecule has 0 radical (unpaired) electrons. The lowest BCUT2D eigenvalue weighted by atomic mass is 9.99. The van der Waals surface area contributed by atoms with Gasteiger partial charge in [-0.25, -0.2) is 9.38 Å². The number of aliphatic imine (C=N–C) groups is 1. The van der Waals surface area contributed by atoms with Gasteiger partial charge >= 0.3 is 0 Å². The van der Waals surface area contributed by atoms with Gasteiger partial charge in [0, 0.05) is 24.0 Å².